The van der Waals surface area contributed by atoms with Gasteiger partial charge in [0.15, 0.2) is 0 Å². The molecule has 2 heterocycles. The minimum Gasteiger partial charge on any atom is -0.340 e. The van der Waals surface area contributed by atoms with Gasteiger partial charge < -0.3 is 20.9 Å². The van der Waals surface area contributed by atoms with Crippen molar-refractivity contribution in [2.75, 3.05) is 22.1 Å². The molecule has 0 unspecified atom stereocenters. The van der Waals surface area contributed by atoms with Crippen LogP contribution < -0.4 is 20.9 Å². The first kappa shape index (κ1) is 18.7. The van der Waals surface area contributed by atoms with Crippen LogP contribution >= 0.6 is 0 Å². The zero-order chi connectivity index (χ0) is 20.4. The molecule has 8 nitrogen and oxygen atoms in total. The molecule has 2 aliphatic heterocycles. The Bertz CT molecular complexity index is 986. The Balaban J connectivity index is 1.39. The monoisotopic (exact) mass is 392 g/mol. The molecule has 0 aromatic heterocycles. The van der Waals surface area contributed by atoms with Gasteiger partial charge in [0, 0.05) is 24.3 Å². The van der Waals surface area contributed by atoms with Crippen LogP contribution in [0.3, 0.4) is 0 Å². The summed E-state index contributed by atoms with van der Waals surface area (Å²) in [6, 6.07) is 12.7. The lowest BCUT2D eigenvalue weighted by Gasteiger charge is -2.17. The predicted molar refractivity (Wildman–Crippen MR) is 108 cm³/mol. The second-order valence-electron chi connectivity index (χ2n) is 7.01. The smallest absolute Gasteiger partial charge is 0.254 e. The molecule has 1 atom stereocenters. The Morgan fingerprint density at radius 1 is 1.07 bits per heavy atom. The van der Waals surface area contributed by atoms with E-state index in [0.29, 0.717) is 29.9 Å². The van der Waals surface area contributed by atoms with E-state index in [1.165, 1.54) is 0 Å². The molecule has 0 bridgehead atoms. The highest BCUT2D eigenvalue weighted by Gasteiger charge is 2.29. The SMILES string of the molecule is O=C(C[C@H]1NC(=O)c2ccccc2NC1=O)Nc1ccc(N2CCCC2=O)cc1. The highest BCUT2D eigenvalue weighted by atomic mass is 16.2. The van der Waals surface area contributed by atoms with Crippen molar-refractivity contribution in [2.45, 2.75) is 25.3 Å². The lowest BCUT2D eigenvalue weighted by Crippen LogP contribution is -2.43. The molecule has 0 aliphatic carbocycles. The van der Waals surface area contributed by atoms with Crippen molar-refractivity contribution in [3.05, 3.63) is 54.1 Å². The van der Waals surface area contributed by atoms with E-state index in [-0.39, 0.29) is 12.3 Å². The van der Waals surface area contributed by atoms with E-state index in [9.17, 15) is 19.2 Å². The van der Waals surface area contributed by atoms with Crippen LogP contribution in [0.4, 0.5) is 17.1 Å². The molecule has 4 amide bonds. The number of hydrogen-bond donors (Lipinski definition) is 3. The molecule has 2 aliphatic rings. The minimum absolute atomic E-state index is 0.0953. The van der Waals surface area contributed by atoms with E-state index in [2.05, 4.69) is 16.0 Å². The van der Waals surface area contributed by atoms with Crippen molar-refractivity contribution in [3.8, 4) is 0 Å². The number of anilines is 3. The highest BCUT2D eigenvalue weighted by molar-refractivity contribution is 6.11. The number of benzene rings is 2. The molecule has 2 aromatic rings. The Kier molecular flexibility index (Phi) is 4.99. The molecule has 0 spiro atoms. The van der Waals surface area contributed by atoms with Crippen molar-refractivity contribution < 1.29 is 19.2 Å². The van der Waals surface area contributed by atoms with E-state index in [1.54, 1.807) is 53.4 Å². The van der Waals surface area contributed by atoms with Gasteiger partial charge in [0.25, 0.3) is 5.91 Å². The highest BCUT2D eigenvalue weighted by Crippen LogP contribution is 2.23. The summed E-state index contributed by atoms with van der Waals surface area (Å²) in [4.78, 5) is 50.6. The summed E-state index contributed by atoms with van der Waals surface area (Å²) >= 11 is 0. The zero-order valence-electron chi connectivity index (χ0n) is 15.6. The van der Waals surface area contributed by atoms with Gasteiger partial charge in [0.1, 0.15) is 6.04 Å². The van der Waals surface area contributed by atoms with E-state index in [4.69, 9.17) is 0 Å². The summed E-state index contributed by atoms with van der Waals surface area (Å²) < 4.78 is 0. The summed E-state index contributed by atoms with van der Waals surface area (Å²) in [5.74, 6) is -1.16. The molecule has 29 heavy (non-hydrogen) atoms. The third-order valence-corrected chi connectivity index (χ3v) is 4.98. The van der Waals surface area contributed by atoms with Crippen molar-refractivity contribution in [1.82, 2.24) is 5.32 Å². The number of nitrogens with one attached hydrogen (secondary N) is 3. The van der Waals surface area contributed by atoms with Crippen molar-refractivity contribution in [1.29, 1.82) is 0 Å². The summed E-state index contributed by atoms with van der Waals surface area (Å²) in [5.41, 5.74) is 2.12. The fourth-order valence-corrected chi connectivity index (χ4v) is 3.50. The molecular formula is C21H20N4O4. The predicted octanol–water partition coefficient (Wildman–Crippen LogP) is 1.89. The maximum Gasteiger partial charge on any atom is 0.254 e. The summed E-state index contributed by atoms with van der Waals surface area (Å²) in [7, 11) is 0. The first-order chi connectivity index (χ1) is 14.0. The second kappa shape index (κ2) is 7.75. The van der Waals surface area contributed by atoms with E-state index in [0.717, 1.165) is 12.1 Å². The average molecular weight is 392 g/mol. The number of nitrogens with zero attached hydrogens (tertiary/aromatic N) is 1. The standard InChI is InChI=1S/C21H20N4O4/c26-18(22-13-7-9-14(10-8-13)25-11-3-6-19(25)27)12-17-21(29)23-16-5-2-1-4-15(16)20(28)24-17/h1-2,4-5,7-10,17H,3,6,11-12H2,(H,22,26)(H,23,29)(H,24,28)/t17-/m1/s1. The number of rotatable bonds is 4. The van der Waals surface area contributed by atoms with Gasteiger partial charge in [-0.1, -0.05) is 12.1 Å². The van der Waals surface area contributed by atoms with Gasteiger partial charge in [-0.15, -0.1) is 0 Å². The van der Waals surface area contributed by atoms with Crippen molar-refractivity contribution in [2.24, 2.45) is 0 Å². The quantitative estimate of drug-likeness (QED) is 0.738. The number of carbonyl (C=O) groups is 4. The van der Waals surface area contributed by atoms with Crippen molar-refractivity contribution >= 4 is 40.7 Å². The third-order valence-electron chi connectivity index (χ3n) is 4.98. The van der Waals surface area contributed by atoms with Gasteiger partial charge in [-0.25, -0.2) is 0 Å². The van der Waals surface area contributed by atoms with E-state index in [1.807, 2.05) is 0 Å². The van der Waals surface area contributed by atoms with Crippen LogP contribution in [-0.4, -0.2) is 36.2 Å². The first-order valence-electron chi connectivity index (χ1n) is 9.42. The maximum absolute atomic E-state index is 12.4. The Labute approximate surface area is 167 Å². The maximum atomic E-state index is 12.4. The van der Waals surface area contributed by atoms with Crippen LogP contribution in [0.1, 0.15) is 29.6 Å². The number of amides is 4. The Hall–Kier alpha value is -3.68. The minimum atomic E-state index is -0.976. The lowest BCUT2D eigenvalue weighted by atomic mass is 10.1. The summed E-state index contributed by atoms with van der Waals surface area (Å²) in [6.07, 6.45) is 1.20. The lowest BCUT2D eigenvalue weighted by molar-refractivity contribution is -0.122. The van der Waals surface area contributed by atoms with Crippen LogP contribution in [0.5, 0.6) is 0 Å². The molecular weight excluding hydrogens is 372 g/mol. The molecule has 0 radical (unpaired) electrons. The molecule has 1 saturated heterocycles. The van der Waals surface area contributed by atoms with Gasteiger partial charge in [-0.2, -0.15) is 0 Å². The zero-order valence-corrected chi connectivity index (χ0v) is 15.6. The van der Waals surface area contributed by atoms with Gasteiger partial charge in [0.2, 0.25) is 17.7 Å². The number of hydrogen-bond acceptors (Lipinski definition) is 4. The molecule has 0 saturated carbocycles. The number of fused-ring (bicyclic) bond motifs is 1. The van der Waals surface area contributed by atoms with Gasteiger partial charge in [-0.3, -0.25) is 19.2 Å². The van der Waals surface area contributed by atoms with Gasteiger partial charge in [0.05, 0.1) is 17.7 Å². The number of carbonyl (C=O) groups excluding carboxylic acids is 4. The second-order valence-corrected chi connectivity index (χ2v) is 7.01. The van der Waals surface area contributed by atoms with Crippen LogP contribution in [-0.2, 0) is 14.4 Å². The molecule has 148 valence electrons. The first-order valence-corrected chi connectivity index (χ1v) is 9.42. The summed E-state index contributed by atoms with van der Waals surface area (Å²) in [5, 5.41) is 7.99. The fraction of sp³-hybridized carbons (Fsp3) is 0.238. The fourth-order valence-electron chi connectivity index (χ4n) is 3.50. The molecule has 8 heteroatoms. The normalized spacial score (nSPS) is 18.6. The van der Waals surface area contributed by atoms with Crippen LogP contribution in [0.15, 0.2) is 48.5 Å². The molecule has 4 rings (SSSR count). The van der Waals surface area contributed by atoms with Gasteiger partial charge >= 0.3 is 0 Å². The topological polar surface area (TPSA) is 108 Å². The van der Waals surface area contributed by atoms with Crippen molar-refractivity contribution in [3.63, 3.8) is 0 Å². The van der Waals surface area contributed by atoms with Crippen LogP contribution in [0.25, 0.3) is 0 Å². The third kappa shape index (κ3) is 3.96. The Morgan fingerprint density at radius 2 is 1.83 bits per heavy atom. The largest absolute Gasteiger partial charge is 0.340 e. The van der Waals surface area contributed by atoms with E-state index < -0.39 is 23.8 Å². The van der Waals surface area contributed by atoms with E-state index >= 15 is 0 Å². The summed E-state index contributed by atoms with van der Waals surface area (Å²) in [6.45, 7) is 0.698. The van der Waals surface area contributed by atoms with Crippen LogP contribution in [0, 0.1) is 0 Å². The molecule has 2 aromatic carbocycles. The van der Waals surface area contributed by atoms with Gasteiger partial charge in [-0.05, 0) is 42.8 Å². The molecule has 3 N–H and O–H groups in total. The number of para-hydroxylation sites is 1. The van der Waals surface area contributed by atoms with Crippen LogP contribution in [0.2, 0.25) is 0 Å². The molecule has 1 fully saturated rings. The Morgan fingerprint density at radius 3 is 2.55 bits per heavy atom. The average Bonchev–Trinajstić information content (AvgIpc) is 3.09.